The topological polar surface area (TPSA) is 75.5 Å². The molecule has 0 radical (unpaired) electrons. The molecular formula is C19H18F3N3O3. The third kappa shape index (κ3) is 4.08. The van der Waals surface area contributed by atoms with Gasteiger partial charge < -0.3 is 10.2 Å². The maximum absolute atomic E-state index is 13.1. The van der Waals surface area contributed by atoms with Gasteiger partial charge in [0.15, 0.2) is 0 Å². The van der Waals surface area contributed by atoms with E-state index in [1.54, 1.807) is 6.92 Å². The van der Waals surface area contributed by atoms with E-state index in [0.29, 0.717) is 24.3 Å². The Balaban J connectivity index is 1.99. The summed E-state index contributed by atoms with van der Waals surface area (Å²) in [5, 5.41) is 13.5. The number of hydrogen-bond acceptors (Lipinski definition) is 4. The van der Waals surface area contributed by atoms with Crippen molar-refractivity contribution >= 4 is 23.0 Å². The van der Waals surface area contributed by atoms with Crippen molar-refractivity contribution in [1.82, 2.24) is 0 Å². The van der Waals surface area contributed by atoms with Crippen molar-refractivity contribution in [2.45, 2.75) is 25.9 Å². The first-order valence-electron chi connectivity index (χ1n) is 8.69. The summed E-state index contributed by atoms with van der Waals surface area (Å²) in [4.78, 5) is 25.0. The third-order valence-corrected chi connectivity index (χ3v) is 4.70. The summed E-state index contributed by atoms with van der Waals surface area (Å²) in [6.07, 6.45) is -2.72. The smallest absolute Gasteiger partial charge is 0.370 e. The van der Waals surface area contributed by atoms with Gasteiger partial charge in [0, 0.05) is 30.8 Å². The average Bonchev–Trinajstić information content (AvgIpc) is 3.15. The van der Waals surface area contributed by atoms with Crippen molar-refractivity contribution in [2.24, 2.45) is 0 Å². The minimum absolute atomic E-state index is 0.0348. The fourth-order valence-electron chi connectivity index (χ4n) is 3.20. The van der Waals surface area contributed by atoms with Gasteiger partial charge in [-0.05, 0) is 43.5 Å². The molecule has 0 aromatic heterocycles. The van der Waals surface area contributed by atoms with Crippen LogP contribution in [-0.2, 0) is 6.18 Å². The van der Waals surface area contributed by atoms with E-state index in [1.165, 1.54) is 18.2 Å². The molecule has 0 bridgehead atoms. The predicted octanol–water partition coefficient (Wildman–Crippen LogP) is 4.77. The highest BCUT2D eigenvalue weighted by atomic mass is 19.4. The van der Waals surface area contributed by atoms with Crippen LogP contribution in [0.1, 0.15) is 34.3 Å². The van der Waals surface area contributed by atoms with E-state index >= 15 is 0 Å². The second kappa shape index (κ2) is 7.49. The van der Waals surface area contributed by atoms with E-state index in [1.807, 2.05) is 4.90 Å². The monoisotopic (exact) mass is 393 g/mol. The van der Waals surface area contributed by atoms with Gasteiger partial charge in [0.05, 0.1) is 21.9 Å². The molecule has 6 nitrogen and oxygen atoms in total. The van der Waals surface area contributed by atoms with Gasteiger partial charge in [0.1, 0.15) is 0 Å². The first-order valence-corrected chi connectivity index (χ1v) is 8.69. The molecule has 148 valence electrons. The number of carbonyl (C=O) groups excluding carboxylic acids is 1. The number of halogens is 3. The Morgan fingerprint density at radius 3 is 2.43 bits per heavy atom. The first kappa shape index (κ1) is 19.7. The molecule has 1 saturated heterocycles. The molecular weight excluding hydrogens is 375 g/mol. The number of amides is 1. The molecule has 1 heterocycles. The molecule has 2 aromatic carbocycles. The molecule has 1 aliphatic heterocycles. The van der Waals surface area contributed by atoms with Gasteiger partial charge in [-0.3, -0.25) is 14.9 Å². The molecule has 1 amide bonds. The molecule has 9 heteroatoms. The van der Waals surface area contributed by atoms with Crippen LogP contribution in [0, 0.1) is 17.0 Å². The van der Waals surface area contributed by atoms with E-state index in [-0.39, 0.29) is 16.9 Å². The lowest BCUT2D eigenvalue weighted by Crippen LogP contribution is -2.22. The maximum Gasteiger partial charge on any atom is 0.416 e. The molecule has 3 rings (SSSR count). The SMILES string of the molecule is Cc1ccc([N+](=O)[O-])cc1C(=O)Nc1cc(C(F)(F)F)ccc1N1CCCC1. The molecule has 0 spiro atoms. The van der Waals surface area contributed by atoms with Crippen molar-refractivity contribution in [1.29, 1.82) is 0 Å². The fraction of sp³-hybridized carbons (Fsp3) is 0.316. The van der Waals surface area contributed by atoms with Crippen LogP contribution >= 0.6 is 0 Å². The van der Waals surface area contributed by atoms with Gasteiger partial charge in [0.25, 0.3) is 11.6 Å². The molecule has 2 aromatic rings. The zero-order chi connectivity index (χ0) is 20.5. The Kier molecular flexibility index (Phi) is 5.26. The number of rotatable bonds is 4. The highest BCUT2D eigenvalue weighted by Gasteiger charge is 2.32. The molecule has 1 aliphatic rings. The lowest BCUT2D eigenvalue weighted by atomic mass is 10.1. The van der Waals surface area contributed by atoms with Crippen LogP contribution in [0.15, 0.2) is 36.4 Å². The molecule has 0 saturated carbocycles. The number of hydrogen-bond donors (Lipinski definition) is 1. The van der Waals surface area contributed by atoms with Crippen LogP contribution in [0.25, 0.3) is 0 Å². The number of non-ortho nitro benzene ring substituents is 1. The number of alkyl halides is 3. The van der Waals surface area contributed by atoms with E-state index < -0.39 is 22.6 Å². The highest BCUT2D eigenvalue weighted by Crippen LogP contribution is 2.37. The summed E-state index contributed by atoms with van der Waals surface area (Å²) in [5.41, 5.74) is -0.0765. The van der Waals surface area contributed by atoms with E-state index in [0.717, 1.165) is 31.0 Å². The normalized spacial score (nSPS) is 14.2. The lowest BCUT2D eigenvalue weighted by molar-refractivity contribution is -0.384. The third-order valence-electron chi connectivity index (χ3n) is 4.70. The number of aryl methyl sites for hydroxylation is 1. The van der Waals surface area contributed by atoms with Crippen molar-refractivity contribution in [3.8, 4) is 0 Å². The summed E-state index contributed by atoms with van der Waals surface area (Å²) in [6.45, 7) is 2.97. The summed E-state index contributed by atoms with van der Waals surface area (Å²) in [7, 11) is 0. The Morgan fingerprint density at radius 1 is 1.14 bits per heavy atom. The zero-order valence-corrected chi connectivity index (χ0v) is 15.0. The Bertz CT molecular complexity index is 922. The van der Waals surface area contributed by atoms with Crippen LogP contribution in [0.5, 0.6) is 0 Å². The number of nitro benzene ring substituents is 1. The molecule has 0 unspecified atom stereocenters. The number of nitrogens with one attached hydrogen (secondary N) is 1. The van der Waals surface area contributed by atoms with Crippen molar-refractivity contribution in [2.75, 3.05) is 23.3 Å². The van der Waals surface area contributed by atoms with Crippen molar-refractivity contribution in [3.63, 3.8) is 0 Å². The minimum atomic E-state index is -4.55. The van der Waals surface area contributed by atoms with E-state index in [9.17, 15) is 28.1 Å². The Labute approximate surface area is 159 Å². The van der Waals surface area contributed by atoms with Crippen LogP contribution < -0.4 is 10.2 Å². The average molecular weight is 393 g/mol. The van der Waals surface area contributed by atoms with Gasteiger partial charge in [0.2, 0.25) is 0 Å². The lowest BCUT2D eigenvalue weighted by Gasteiger charge is -2.23. The summed E-state index contributed by atoms with van der Waals surface area (Å²) in [5.74, 6) is -0.694. The molecule has 1 N–H and O–H groups in total. The maximum atomic E-state index is 13.1. The second-order valence-electron chi connectivity index (χ2n) is 6.63. The molecule has 0 aliphatic carbocycles. The van der Waals surface area contributed by atoms with E-state index in [4.69, 9.17) is 0 Å². The van der Waals surface area contributed by atoms with Crippen molar-refractivity contribution < 1.29 is 22.9 Å². The predicted molar refractivity (Wildman–Crippen MR) is 98.7 cm³/mol. The fourth-order valence-corrected chi connectivity index (χ4v) is 3.20. The van der Waals surface area contributed by atoms with Crippen LogP contribution in [0.4, 0.5) is 30.2 Å². The van der Waals surface area contributed by atoms with Crippen LogP contribution in [0.3, 0.4) is 0 Å². The number of nitro groups is 1. The van der Waals surface area contributed by atoms with Gasteiger partial charge in [-0.15, -0.1) is 0 Å². The highest BCUT2D eigenvalue weighted by molar-refractivity contribution is 6.07. The van der Waals surface area contributed by atoms with Gasteiger partial charge in [-0.1, -0.05) is 6.07 Å². The number of benzene rings is 2. The van der Waals surface area contributed by atoms with Crippen LogP contribution in [0.2, 0.25) is 0 Å². The molecule has 1 fully saturated rings. The zero-order valence-electron chi connectivity index (χ0n) is 15.0. The first-order chi connectivity index (χ1) is 13.2. The number of carbonyl (C=O) groups is 1. The largest absolute Gasteiger partial charge is 0.416 e. The van der Waals surface area contributed by atoms with E-state index in [2.05, 4.69) is 5.32 Å². The summed E-state index contributed by atoms with van der Waals surface area (Å²) in [6, 6.07) is 7.06. The Morgan fingerprint density at radius 2 is 1.82 bits per heavy atom. The quantitative estimate of drug-likeness (QED) is 0.599. The Hall–Kier alpha value is -3.10. The number of anilines is 2. The van der Waals surface area contributed by atoms with Gasteiger partial charge in [-0.2, -0.15) is 13.2 Å². The number of nitrogens with zero attached hydrogens (tertiary/aromatic N) is 2. The summed E-state index contributed by atoms with van der Waals surface area (Å²) >= 11 is 0. The van der Waals surface area contributed by atoms with Gasteiger partial charge >= 0.3 is 6.18 Å². The standard InChI is InChI=1S/C19H18F3N3O3/c1-12-4-6-14(25(27)28)11-15(12)18(26)23-16-10-13(19(20,21)22)5-7-17(16)24-8-2-3-9-24/h4-7,10-11H,2-3,8-9H2,1H3,(H,23,26). The summed E-state index contributed by atoms with van der Waals surface area (Å²) < 4.78 is 39.4. The molecule has 28 heavy (non-hydrogen) atoms. The van der Waals surface area contributed by atoms with Crippen molar-refractivity contribution in [3.05, 3.63) is 63.2 Å². The second-order valence-corrected chi connectivity index (χ2v) is 6.63. The molecule has 0 atom stereocenters. The minimum Gasteiger partial charge on any atom is -0.370 e. The van der Waals surface area contributed by atoms with Crippen LogP contribution in [-0.4, -0.2) is 23.9 Å². The van der Waals surface area contributed by atoms with Gasteiger partial charge in [-0.25, -0.2) is 0 Å².